The molecular formula is C14H9N5O4S. The standard InChI is InChI=1S/C14H9N5O4S/c15-14-17(10-4-6-11(7-5-10)18(20)21)16-13(24-14)9-2-1-3-12(8-9)19(22)23/h1-8,15H. The highest BCUT2D eigenvalue weighted by Crippen LogP contribution is 2.24. The fourth-order valence-corrected chi connectivity index (χ4v) is 2.83. The minimum absolute atomic E-state index is 0.0555. The zero-order chi connectivity index (χ0) is 17.3. The molecule has 1 N–H and O–H groups in total. The Kier molecular flexibility index (Phi) is 3.88. The fourth-order valence-electron chi connectivity index (χ4n) is 2.05. The first-order chi connectivity index (χ1) is 11.5. The van der Waals surface area contributed by atoms with E-state index in [9.17, 15) is 20.2 Å². The fraction of sp³-hybridized carbons (Fsp3) is 0. The lowest BCUT2D eigenvalue weighted by Crippen LogP contribution is -2.12. The van der Waals surface area contributed by atoms with Gasteiger partial charge in [-0.2, -0.15) is 5.10 Å². The maximum absolute atomic E-state index is 10.9. The predicted octanol–water partition coefficient (Wildman–Crippen LogP) is 2.90. The van der Waals surface area contributed by atoms with E-state index in [0.29, 0.717) is 16.3 Å². The van der Waals surface area contributed by atoms with E-state index in [1.807, 2.05) is 0 Å². The van der Waals surface area contributed by atoms with E-state index in [1.54, 1.807) is 12.1 Å². The molecule has 120 valence electrons. The molecule has 0 aliphatic heterocycles. The summed E-state index contributed by atoms with van der Waals surface area (Å²) in [6.45, 7) is 0. The second kappa shape index (κ2) is 6.01. The van der Waals surface area contributed by atoms with Gasteiger partial charge >= 0.3 is 0 Å². The Balaban J connectivity index is 2.01. The van der Waals surface area contributed by atoms with Crippen LogP contribution in [0.2, 0.25) is 0 Å². The van der Waals surface area contributed by atoms with Gasteiger partial charge < -0.3 is 0 Å². The summed E-state index contributed by atoms with van der Waals surface area (Å²) in [5, 5.41) is 34.3. The van der Waals surface area contributed by atoms with Gasteiger partial charge in [-0.15, -0.1) is 0 Å². The summed E-state index contributed by atoms with van der Waals surface area (Å²) in [5.41, 5.74) is 0.915. The summed E-state index contributed by atoms with van der Waals surface area (Å²) in [5.74, 6) is 0. The van der Waals surface area contributed by atoms with Crippen LogP contribution in [-0.4, -0.2) is 19.6 Å². The molecule has 3 aromatic rings. The predicted molar refractivity (Wildman–Crippen MR) is 86.0 cm³/mol. The van der Waals surface area contributed by atoms with Gasteiger partial charge in [-0.25, -0.2) is 4.68 Å². The van der Waals surface area contributed by atoms with Gasteiger partial charge in [0.2, 0.25) is 4.80 Å². The van der Waals surface area contributed by atoms with Crippen molar-refractivity contribution in [3.05, 3.63) is 73.6 Å². The zero-order valence-electron chi connectivity index (χ0n) is 11.9. The number of aromatic nitrogens is 2. The molecule has 0 unspecified atom stereocenters. The smallest absolute Gasteiger partial charge is 0.270 e. The molecule has 1 aromatic heterocycles. The van der Waals surface area contributed by atoms with Crippen LogP contribution in [0, 0.1) is 25.6 Å². The topological polar surface area (TPSA) is 128 Å². The molecule has 0 atom stereocenters. The van der Waals surface area contributed by atoms with E-state index in [-0.39, 0.29) is 16.2 Å². The van der Waals surface area contributed by atoms with Gasteiger partial charge in [-0.1, -0.05) is 23.5 Å². The highest BCUT2D eigenvalue weighted by Gasteiger charge is 2.13. The Morgan fingerprint density at radius 1 is 1.00 bits per heavy atom. The van der Waals surface area contributed by atoms with E-state index < -0.39 is 9.85 Å². The molecular weight excluding hydrogens is 334 g/mol. The van der Waals surface area contributed by atoms with Crippen molar-refractivity contribution >= 4 is 22.7 Å². The number of nitro groups is 2. The van der Waals surface area contributed by atoms with Crippen LogP contribution < -0.4 is 4.80 Å². The maximum Gasteiger partial charge on any atom is 0.270 e. The lowest BCUT2D eigenvalue weighted by molar-refractivity contribution is -0.385. The van der Waals surface area contributed by atoms with E-state index in [2.05, 4.69) is 5.10 Å². The van der Waals surface area contributed by atoms with Crippen LogP contribution in [0.15, 0.2) is 48.5 Å². The van der Waals surface area contributed by atoms with Crippen molar-refractivity contribution in [2.24, 2.45) is 0 Å². The SMILES string of the molecule is N=c1sc(-c2cccc([N+](=O)[O-])c2)nn1-c1ccc([N+](=O)[O-])cc1. The molecule has 0 spiro atoms. The molecule has 0 aliphatic rings. The van der Waals surface area contributed by atoms with Crippen molar-refractivity contribution in [2.45, 2.75) is 0 Å². The van der Waals surface area contributed by atoms with Crippen molar-refractivity contribution in [1.29, 1.82) is 5.41 Å². The lowest BCUT2D eigenvalue weighted by Gasteiger charge is -2.00. The van der Waals surface area contributed by atoms with Crippen molar-refractivity contribution in [1.82, 2.24) is 9.78 Å². The van der Waals surface area contributed by atoms with Crippen LogP contribution in [-0.2, 0) is 0 Å². The largest absolute Gasteiger partial charge is 0.273 e. The van der Waals surface area contributed by atoms with Gasteiger partial charge in [0.25, 0.3) is 11.4 Å². The van der Waals surface area contributed by atoms with Gasteiger partial charge in [0.1, 0.15) is 5.01 Å². The van der Waals surface area contributed by atoms with Crippen molar-refractivity contribution in [3.8, 4) is 16.3 Å². The first kappa shape index (κ1) is 15.5. The molecule has 24 heavy (non-hydrogen) atoms. The molecule has 0 saturated heterocycles. The number of non-ortho nitro benzene ring substituents is 2. The summed E-state index contributed by atoms with van der Waals surface area (Å²) < 4.78 is 1.32. The van der Waals surface area contributed by atoms with Crippen LogP contribution in [0.3, 0.4) is 0 Å². The second-order valence-electron chi connectivity index (χ2n) is 4.71. The summed E-state index contributed by atoms with van der Waals surface area (Å²) in [6.07, 6.45) is 0. The minimum atomic E-state index is -0.508. The first-order valence-corrected chi connectivity index (χ1v) is 7.42. The summed E-state index contributed by atoms with van der Waals surface area (Å²) in [4.78, 5) is 20.6. The molecule has 0 aliphatic carbocycles. The summed E-state index contributed by atoms with van der Waals surface area (Å²) >= 11 is 1.06. The average Bonchev–Trinajstić information content (AvgIpc) is 2.97. The molecule has 0 fully saturated rings. The molecule has 1 heterocycles. The third kappa shape index (κ3) is 2.90. The average molecular weight is 343 g/mol. The third-order valence-electron chi connectivity index (χ3n) is 3.19. The Bertz CT molecular complexity index is 993. The molecule has 0 bridgehead atoms. The quantitative estimate of drug-likeness (QED) is 0.575. The van der Waals surface area contributed by atoms with Gasteiger partial charge in [0.15, 0.2) is 0 Å². The first-order valence-electron chi connectivity index (χ1n) is 6.60. The molecule has 0 amide bonds. The Morgan fingerprint density at radius 2 is 1.67 bits per heavy atom. The molecule has 2 aromatic carbocycles. The van der Waals surface area contributed by atoms with Crippen LogP contribution >= 0.6 is 11.3 Å². The number of hydrogen-bond acceptors (Lipinski definition) is 7. The number of nitrogens with zero attached hydrogens (tertiary/aromatic N) is 4. The van der Waals surface area contributed by atoms with E-state index in [4.69, 9.17) is 5.41 Å². The Labute approximate surface area is 138 Å². The van der Waals surface area contributed by atoms with E-state index in [0.717, 1.165) is 11.3 Å². The Morgan fingerprint density at radius 3 is 2.29 bits per heavy atom. The van der Waals surface area contributed by atoms with Crippen LogP contribution in [0.5, 0.6) is 0 Å². The van der Waals surface area contributed by atoms with E-state index in [1.165, 1.54) is 41.1 Å². The van der Waals surface area contributed by atoms with Crippen molar-refractivity contribution < 1.29 is 9.85 Å². The highest BCUT2D eigenvalue weighted by molar-refractivity contribution is 7.12. The third-order valence-corrected chi connectivity index (χ3v) is 4.06. The van der Waals surface area contributed by atoms with Crippen LogP contribution in [0.1, 0.15) is 0 Å². The highest BCUT2D eigenvalue weighted by atomic mass is 32.1. The number of nitro benzene ring substituents is 2. The normalized spacial score (nSPS) is 10.5. The van der Waals surface area contributed by atoms with Crippen LogP contribution in [0.25, 0.3) is 16.3 Å². The maximum atomic E-state index is 10.9. The summed E-state index contributed by atoms with van der Waals surface area (Å²) in [6, 6.07) is 11.6. The number of benzene rings is 2. The van der Waals surface area contributed by atoms with Crippen LogP contribution in [0.4, 0.5) is 11.4 Å². The number of hydrogen-bond donors (Lipinski definition) is 1. The molecule has 10 heteroatoms. The van der Waals surface area contributed by atoms with E-state index >= 15 is 0 Å². The minimum Gasteiger partial charge on any atom is -0.273 e. The second-order valence-corrected chi connectivity index (χ2v) is 5.68. The molecule has 0 saturated carbocycles. The Hall–Kier alpha value is -3.40. The molecule has 9 nitrogen and oxygen atoms in total. The number of rotatable bonds is 4. The zero-order valence-corrected chi connectivity index (χ0v) is 12.8. The van der Waals surface area contributed by atoms with Gasteiger partial charge in [-0.3, -0.25) is 25.6 Å². The lowest BCUT2D eigenvalue weighted by atomic mass is 10.2. The van der Waals surface area contributed by atoms with Gasteiger partial charge in [0, 0.05) is 29.8 Å². The molecule has 3 rings (SSSR count). The van der Waals surface area contributed by atoms with Gasteiger partial charge in [-0.05, 0) is 12.1 Å². The summed E-state index contributed by atoms with van der Waals surface area (Å²) in [7, 11) is 0. The molecule has 0 radical (unpaired) electrons. The van der Waals surface area contributed by atoms with Gasteiger partial charge in [0.05, 0.1) is 15.5 Å². The number of nitrogens with one attached hydrogen (secondary N) is 1. The van der Waals surface area contributed by atoms with Crippen molar-refractivity contribution in [2.75, 3.05) is 0 Å². The monoisotopic (exact) mass is 343 g/mol. The van der Waals surface area contributed by atoms with Crippen molar-refractivity contribution in [3.63, 3.8) is 0 Å².